The van der Waals surface area contributed by atoms with E-state index in [4.69, 9.17) is 10.5 Å². The molecule has 1 atom stereocenters. The first kappa shape index (κ1) is 18.3. The number of esters is 1. The molecular formula is C22H22N2O4. The first-order valence-corrected chi connectivity index (χ1v) is 9.27. The summed E-state index contributed by atoms with van der Waals surface area (Å²) in [5.41, 5.74) is 8.79. The predicted octanol–water partition coefficient (Wildman–Crippen LogP) is 3.29. The van der Waals surface area contributed by atoms with Crippen molar-refractivity contribution in [2.75, 3.05) is 12.8 Å². The minimum absolute atomic E-state index is 0.131. The van der Waals surface area contributed by atoms with Crippen LogP contribution in [0.4, 0.5) is 5.69 Å². The Bertz CT molecular complexity index is 1130. The average Bonchev–Trinajstić information content (AvgIpc) is 3.53. The average molecular weight is 378 g/mol. The number of fused-ring (bicyclic) bond motifs is 1. The quantitative estimate of drug-likeness (QED) is 0.680. The highest BCUT2D eigenvalue weighted by atomic mass is 16.5. The molecule has 1 aliphatic rings. The molecule has 0 bridgehead atoms. The van der Waals surface area contributed by atoms with Crippen LogP contribution in [-0.2, 0) is 4.74 Å². The number of nitrogens with two attached hydrogens (primary N) is 1. The summed E-state index contributed by atoms with van der Waals surface area (Å²) >= 11 is 0. The lowest BCUT2D eigenvalue weighted by atomic mass is 10.0. The zero-order chi connectivity index (χ0) is 20.0. The van der Waals surface area contributed by atoms with Gasteiger partial charge in [-0.3, -0.25) is 9.36 Å². The minimum atomic E-state index is -0.759. The smallest absolute Gasteiger partial charge is 0.345 e. The first-order chi connectivity index (χ1) is 13.4. The van der Waals surface area contributed by atoms with E-state index < -0.39 is 17.6 Å². The van der Waals surface area contributed by atoms with E-state index in [-0.39, 0.29) is 11.3 Å². The van der Waals surface area contributed by atoms with Crippen LogP contribution in [0.3, 0.4) is 0 Å². The van der Waals surface area contributed by atoms with Crippen molar-refractivity contribution in [3.05, 3.63) is 69.5 Å². The van der Waals surface area contributed by atoms with E-state index in [0.29, 0.717) is 22.5 Å². The Balaban J connectivity index is 2.04. The van der Waals surface area contributed by atoms with Crippen LogP contribution in [0.2, 0.25) is 0 Å². The van der Waals surface area contributed by atoms with Gasteiger partial charge in [0.1, 0.15) is 5.56 Å². The Kier molecular flexibility index (Phi) is 4.43. The molecule has 1 aliphatic carbocycles. The fraction of sp³-hybridized carbons (Fsp3) is 0.273. The molecule has 2 aromatic carbocycles. The standard InChI is InChI=1S/C22H22N2O4/c1-12(25)13-5-8-16(9-6-13)24-18-11-15(14-3-4-14)7-10-17(18)20(23)19(21(24)26)22(27)28-2/h5-12,14,25H,3-4,23H2,1-2H3. The molecule has 3 aromatic rings. The van der Waals surface area contributed by atoms with Crippen LogP contribution in [0.1, 0.15) is 53.3 Å². The van der Waals surface area contributed by atoms with E-state index in [1.54, 1.807) is 31.2 Å². The van der Waals surface area contributed by atoms with Crippen molar-refractivity contribution in [3.63, 3.8) is 0 Å². The summed E-state index contributed by atoms with van der Waals surface area (Å²) in [5, 5.41) is 10.4. The Labute approximate surface area is 162 Å². The van der Waals surface area contributed by atoms with Crippen LogP contribution < -0.4 is 11.3 Å². The van der Waals surface area contributed by atoms with E-state index in [2.05, 4.69) is 0 Å². The number of carbonyl (C=O) groups is 1. The van der Waals surface area contributed by atoms with Crippen molar-refractivity contribution >= 4 is 22.6 Å². The SMILES string of the molecule is COC(=O)c1c(N)c2ccc(C3CC3)cc2n(-c2ccc(C(C)O)cc2)c1=O. The Morgan fingerprint density at radius 2 is 1.89 bits per heavy atom. The number of ether oxygens (including phenoxy) is 1. The van der Waals surface area contributed by atoms with Gasteiger partial charge in [0.05, 0.1) is 24.4 Å². The molecule has 28 heavy (non-hydrogen) atoms. The summed E-state index contributed by atoms with van der Waals surface area (Å²) in [5.74, 6) is -0.253. The summed E-state index contributed by atoms with van der Waals surface area (Å²) in [6.45, 7) is 1.68. The molecule has 1 unspecified atom stereocenters. The van der Waals surface area contributed by atoms with Gasteiger partial charge in [-0.2, -0.15) is 0 Å². The molecule has 0 aliphatic heterocycles. The second kappa shape index (κ2) is 6.80. The lowest BCUT2D eigenvalue weighted by Crippen LogP contribution is -2.28. The second-order valence-corrected chi connectivity index (χ2v) is 7.24. The van der Waals surface area contributed by atoms with Gasteiger partial charge >= 0.3 is 5.97 Å². The molecule has 0 amide bonds. The highest BCUT2D eigenvalue weighted by Gasteiger charge is 2.26. The van der Waals surface area contributed by atoms with E-state index in [9.17, 15) is 14.7 Å². The van der Waals surface area contributed by atoms with Crippen molar-refractivity contribution in [3.8, 4) is 5.69 Å². The zero-order valence-corrected chi connectivity index (χ0v) is 15.8. The zero-order valence-electron chi connectivity index (χ0n) is 15.8. The number of rotatable bonds is 4. The number of carbonyl (C=O) groups excluding carboxylic acids is 1. The lowest BCUT2D eigenvalue weighted by molar-refractivity contribution is 0.0600. The molecule has 0 spiro atoms. The third-order valence-corrected chi connectivity index (χ3v) is 5.31. The summed E-state index contributed by atoms with van der Waals surface area (Å²) in [6.07, 6.45) is 1.66. The molecule has 144 valence electrons. The van der Waals surface area contributed by atoms with Crippen LogP contribution in [0.25, 0.3) is 16.6 Å². The van der Waals surface area contributed by atoms with Crippen molar-refractivity contribution in [2.45, 2.75) is 31.8 Å². The van der Waals surface area contributed by atoms with Crippen molar-refractivity contribution in [2.24, 2.45) is 0 Å². The van der Waals surface area contributed by atoms with Crippen LogP contribution in [0, 0.1) is 0 Å². The minimum Gasteiger partial charge on any atom is -0.465 e. The summed E-state index contributed by atoms with van der Waals surface area (Å²) in [4.78, 5) is 25.5. The molecule has 6 nitrogen and oxygen atoms in total. The second-order valence-electron chi connectivity index (χ2n) is 7.24. The largest absolute Gasteiger partial charge is 0.465 e. The van der Waals surface area contributed by atoms with Gasteiger partial charge in [-0.1, -0.05) is 24.3 Å². The molecule has 3 N–H and O–H groups in total. The maximum atomic E-state index is 13.3. The van der Waals surface area contributed by atoms with Crippen LogP contribution in [0.5, 0.6) is 0 Å². The lowest BCUT2D eigenvalue weighted by Gasteiger charge is -2.16. The molecular weight excluding hydrogens is 356 g/mol. The molecule has 1 aromatic heterocycles. The third-order valence-electron chi connectivity index (χ3n) is 5.31. The maximum Gasteiger partial charge on any atom is 0.345 e. The summed E-state index contributed by atoms with van der Waals surface area (Å²) < 4.78 is 6.29. The highest BCUT2D eigenvalue weighted by molar-refractivity contribution is 6.04. The van der Waals surface area contributed by atoms with Gasteiger partial charge in [-0.25, -0.2) is 4.79 Å². The number of aliphatic hydroxyl groups excluding tert-OH is 1. The normalized spacial score (nSPS) is 14.8. The number of aliphatic hydroxyl groups is 1. The Morgan fingerprint density at radius 3 is 2.46 bits per heavy atom. The van der Waals surface area contributed by atoms with Gasteiger partial charge < -0.3 is 15.6 Å². The number of benzene rings is 2. The van der Waals surface area contributed by atoms with Gasteiger partial charge in [0.2, 0.25) is 0 Å². The Morgan fingerprint density at radius 1 is 1.21 bits per heavy atom. The molecule has 1 saturated carbocycles. The van der Waals surface area contributed by atoms with Gasteiger partial charge in [-0.05, 0) is 55.0 Å². The number of nitrogen functional groups attached to an aromatic ring is 1. The van der Waals surface area contributed by atoms with Crippen molar-refractivity contribution in [1.29, 1.82) is 0 Å². The highest BCUT2D eigenvalue weighted by Crippen LogP contribution is 2.41. The van der Waals surface area contributed by atoms with Gasteiger partial charge in [-0.15, -0.1) is 0 Å². The van der Waals surface area contributed by atoms with Crippen LogP contribution >= 0.6 is 0 Å². The van der Waals surface area contributed by atoms with E-state index in [1.807, 2.05) is 18.2 Å². The van der Waals surface area contributed by atoms with Crippen LogP contribution in [-0.4, -0.2) is 22.8 Å². The third kappa shape index (κ3) is 2.96. The number of nitrogens with zero attached hydrogens (tertiary/aromatic N) is 1. The number of hydrogen-bond acceptors (Lipinski definition) is 5. The topological polar surface area (TPSA) is 94.6 Å². The predicted molar refractivity (Wildman–Crippen MR) is 108 cm³/mol. The molecule has 1 heterocycles. The van der Waals surface area contributed by atoms with Gasteiger partial charge in [0.25, 0.3) is 5.56 Å². The fourth-order valence-electron chi connectivity index (χ4n) is 3.56. The molecule has 1 fully saturated rings. The maximum absolute atomic E-state index is 13.3. The van der Waals surface area contributed by atoms with E-state index in [0.717, 1.165) is 24.0 Å². The number of anilines is 1. The number of hydrogen-bond donors (Lipinski definition) is 2. The number of pyridine rings is 1. The van der Waals surface area contributed by atoms with E-state index >= 15 is 0 Å². The summed E-state index contributed by atoms with van der Waals surface area (Å²) in [7, 11) is 1.23. The monoisotopic (exact) mass is 378 g/mol. The summed E-state index contributed by atoms with van der Waals surface area (Å²) in [6, 6.07) is 12.9. The van der Waals surface area contributed by atoms with Crippen molar-refractivity contribution < 1.29 is 14.6 Å². The Hall–Kier alpha value is -3.12. The van der Waals surface area contributed by atoms with Crippen molar-refractivity contribution in [1.82, 2.24) is 4.57 Å². The molecule has 0 saturated heterocycles. The van der Waals surface area contributed by atoms with Gasteiger partial charge in [0.15, 0.2) is 0 Å². The van der Waals surface area contributed by atoms with Crippen LogP contribution in [0.15, 0.2) is 47.3 Å². The fourth-order valence-corrected chi connectivity index (χ4v) is 3.56. The number of aromatic nitrogens is 1. The van der Waals surface area contributed by atoms with Gasteiger partial charge in [0, 0.05) is 11.1 Å². The molecule has 0 radical (unpaired) electrons. The molecule has 4 rings (SSSR count). The number of methoxy groups -OCH3 is 1. The molecule has 6 heteroatoms. The first-order valence-electron chi connectivity index (χ1n) is 9.27. The van der Waals surface area contributed by atoms with E-state index in [1.165, 1.54) is 11.7 Å².